The third-order valence-electron chi connectivity index (χ3n) is 7.19. The summed E-state index contributed by atoms with van der Waals surface area (Å²) in [4.78, 5) is 0. The third kappa shape index (κ3) is 21.5. The monoisotopic (exact) mass is 441 g/mol. The number of hydrogen-bond acceptors (Lipinski definition) is 1. The fourth-order valence-corrected chi connectivity index (χ4v) is 5.05. The molecule has 1 N–H and O–H groups in total. The molecular weight excluding hydrogens is 378 g/mol. The maximum Gasteiger partial charge on any atom is 0.0786 e. The molecule has 0 aromatic carbocycles. The Morgan fingerprint density at radius 3 is 0.710 bits per heavy atom. The highest BCUT2D eigenvalue weighted by Crippen LogP contribution is 2.20. The Bertz CT molecular complexity index is 282. The lowest BCUT2D eigenvalue weighted by atomic mass is 10.1. The smallest absolute Gasteiger partial charge is 0.0786 e. The molecule has 0 atom stereocenters. The van der Waals surface area contributed by atoms with Crippen LogP contribution in [-0.4, -0.2) is 36.1 Å². The van der Waals surface area contributed by atoms with Gasteiger partial charge in [0.2, 0.25) is 0 Å². The van der Waals surface area contributed by atoms with Gasteiger partial charge in [-0.25, -0.2) is 0 Å². The molecule has 190 valence electrons. The summed E-state index contributed by atoms with van der Waals surface area (Å²) in [5, 5.41) is 0. The molecule has 0 saturated carbocycles. The Morgan fingerprint density at radius 1 is 0.290 bits per heavy atom. The van der Waals surface area contributed by atoms with Crippen molar-refractivity contribution in [1.82, 2.24) is 0 Å². The van der Waals surface area contributed by atoms with Gasteiger partial charge in [-0.3, -0.25) is 0 Å². The molecule has 0 heterocycles. The molecule has 0 bridgehead atoms. The molecule has 0 rings (SSSR count). The van der Waals surface area contributed by atoms with Crippen LogP contribution in [0, 0.1) is 0 Å². The van der Waals surface area contributed by atoms with Crippen molar-refractivity contribution in [2.24, 2.45) is 0 Å². The van der Waals surface area contributed by atoms with Crippen LogP contribution in [0.1, 0.15) is 163 Å². The van der Waals surface area contributed by atoms with Crippen LogP contribution in [0.25, 0.3) is 0 Å². The molecule has 0 saturated heterocycles. The minimum atomic E-state index is 0. The zero-order chi connectivity index (χ0) is 22.2. The molecule has 2 nitrogen and oxygen atoms in total. The predicted molar refractivity (Wildman–Crippen MR) is 141 cm³/mol. The van der Waals surface area contributed by atoms with Crippen LogP contribution in [0.15, 0.2) is 0 Å². The van der Waals surface area contributed by atoms with Crippen molar-refractivity contribution in [3.05, 3.63) is 0 Å². The Kier molecular flexibility index (Phi) is 27.9. The Hall–Kier alpha value is -0.0800. The molecule has 0 aromatic rings. The fourth-order valence-electron chi connectivity index (χ4n) is 5.05. The van der Waals surface area contributed by atoms with Gasteiger partial charge in [-0.05, 0) is 51.4 Å². The molecular formula is C29H63NO. The van der Waals surface area contributed by atoms with Crippen molar-refractivity contribution in [3.8, 4) is 0 Å². The Labute approximate surface area is 198 Å². The van der Waals surface area contributed by atoms with Crippen LogP contribution >= 0.6 is 0 Å². The van der Waals surface area contributed by atoms with E-state index >= 15 is 0 Å². The first-order valence-electron chi connectivity index (χ1n) is 14.6. The van der Waals surface area contributed by atoms with Gasteiger partial charge < -0.3 is 9.96 Å². The second kappa shape index (κ2) is 26.2. The lowest BCUT2D eigenvalue weighted by Gasteiger charge is -2.40. The highest BCUT2D eigenvalue weighted by atomic mass is 16.0. The number of hydrogen-bond donors (Lipinski definition) is 0. The van der Waals surface area contributed by atoms with Crippen molar-refractivity contribution in [2.45, 2.75) is 163 Å². The molecule has 0 aliphatic carbocycles. The van der Waals surface area contributed by atoms with Crippen molar-refractivity contribution in [2.75, 3.05) is 26.2 Å². The standard InChI is InChI=1S/C29H62N.H2O/c1-5-9-13-17-21-25-29-30(26-22-18-14-10-6-2,27-23-19-15-11-7-3)28-24-20-16-12-8-4;/h5-29H2,1-4H3;1H2/q+1;/p-1. The van der Waals surface area contributed by atoms with E-state index in [2.05, 4.69) is 27.7 Å². The highest BCUT2D eigenvalue weighted by Gasteiger charge is 2.25. The number of quaternary nitrogens is 1. The molecule has 0 unspecified atom stereocenters. The molecule has 0 fully saturated rings. The van der Waals surface area contributed by atoms with Crippen LogP contribution in [0.3, 0.4) is 0 Å². The average molecular weight is 442 g/mol. The number of nitrogens with zero attached hydrogens (tertiary/aromatic N) is 1. The second-order valence-electron chi connectivity index (χ2n) is 10.2. The minimum absolute atomic E-state index is 0. The number of unbranched alkanes of at least 4 members (excludes halogenated alkanes) is 17. The SMILES string of the molecule is CCCCCCCC[N+](CCCCCCC)(CCCCCCC)CCCCCCC.[OH-]. The Balaban J connectivity index is 0. The van der Waals surface area contributed by atoms with Gasteiger partial charge in [0.1, 0.15) is 0 Å². The summed E-state index contributed by atoms with van der Waals surface area (Å²) in [6.45, 7) is 15.2. The first-order chi connectivity index (χ1) is 14.7. The summed E-state index contributed by atoms with van der Waals surface area (Å²) in [5.41, 5.74) is 0. The van der Waals surface area contributed by atoms with E-state index in [4.69, 9.17) is 0 Å². The molecule has 0 radical (unpaired) electrons. The van der Waals surface area contributed by atoms with Crippen molar-refractivity contribution < 1.29 is 9.96 Å². The molecule has 0 amide bonds. The van der Waals surface area contributed by atoms with Gasteiger partial charge in [-0.15, -0.1) is 0 Å². The topological polar surface area (TPSA) is 30.0 Å². The maximum absolute atomic E-state index is 2.34. The molecule has 0 aliphatic heterocycles. The largest absolute Gasteiger partial charge is 0.870 e. The van der Waals surface area contributed by atoms with Gasteiger partial charge >= 0.3 is 0 Å². The summed E-state index contributed by atoms with van der Waals surface area (Å²) < 4.78 is 1.47. The predicted octanol–water partition coefficient (Wildman–Crippen LogP) is 9.90. The van der Waals surface area contributed by atoms with E-state index in [1.54, 1.807) is 0 Å². The zero-order valence-electron chi connectivity index (χ0n) is 22.6. The fraction of sp³-hybridized carbons (Fsp3) is 1.00. The van der Waals surface area contributed by atoms with E-state index < -0.39 is 0 Å². The summed E-state index contributed by atoms with van der Waals surface area (Å²) in [7, 11) is 0. The van der Waals surface area contributed by atoms with E-state index in [0.29, 0.717) is 0 Å². The summed E-state index contributed by atoms with van der Waals surface area (Å²) >= 11 is 0. The molecule has 31 heavy (non-hydrogen) atoms. The van der Waals surface area contributed by atoms with E-state index in [1.165, 1.54) is 165 Å². The van der Waals surface area contributed by atoms with Crippen molar-refractivity contribution in [3.63, 3.8) is 0 Å². The maximum atomic E-state index is 2.34. The quantitative estimate of drug-likeness (QED) is 0.102. The summed E-state index contributed by atoms with van der Waals surface area (Å²) in [6.07, 6.45) is 30.3. The number of rotatable bonds is 25. The first kappa shape index (κ1) is 33.1. The highest BCUT2D eigenvalue weighted by molar-refractivity contribution is 4.54. The second-order valence-corrected chi connectivity index (χ2v) is 10.2. The van der Waals surface area contributed by atoms with Gasteiger partial charge in [0.15, 0.2) is 0 Å². The summed E-state index contributed by atoms with van der Waals surface area (Å²) in [5.74, 6) is 0. The van der Waals surface area contributed by atoms with E-state index in [1.807, 2.05) is 0 Å². The van der Waals surface area contributed by atoms with E-state index in [-0.39, 0.29) is 5.48 Å². The van der Waals surface area contributed by atoms with E-state index in [9.17, 15) is 0 Å². The van der Waals surface area contributed by atoms with Crippen LogP contribution in [0.2, 0.25) is 0 Å². The summed E-state index contributed by atoms with van der Waals surface area (Å²) in [6, 6.07) is 0. The van der Waals surface area contributed by atoms with Gasteiger partial charge in [-0.1, -0.05) is 111 Å². The van der Waals surface area contributed by atoms with Crippen LogP contribution < -0.4 is 0 Å². The molecule has 0 aromatic heterocycles. The molecule has 0 aliphatic rings. The zero-order valence-corrected chi connectivity index (χ0v) is 22.6. The van der Waals surface area contributed by atoms with E-state index in [0.717, 1.165) is 0 Å². The van der Waals surface area contributed by atoms with Gasteiger partial charge in [-0.2, -0.15) is 0 Å². The van der Waals surface area contributed by atoms with Crippen molar-refractivity contribution in [1.29, 1.82) is 0 Å². The lowest BCUT2D eigenvalue weighted by molar-refractivity contribution is -0.929. The Morgan fingerprint density at radius 2 is 0.484 bits per heavy atom. The van der Waals surface area contributed by atoms with Crippen LogP contribution in [0.4, 0.5) is 0 Å². The van der Waals surface area contributed by atoms with Gasteiger partial charge in [0.05, 0.1) is 26.2 Å². The van der Waals surface area contributed by atoms with Gasteiger partial charge in [0.25, 0.3) is 0 Å². The third-order valence-corrected chi connectivity index (χ3v) is 7.19. The first-order valence-corrected chi connectivity index (χ1v) is 14.6. The average Bonchev–Trinajstić information content (AvgIpc) is 2.75. The normalized spacial score (nSPS) is 11.6. The minimum Gasteiger partial charge on any atom is -0.870 e. The van der Waals surface area contributed by atoms with Gasteiger partial charge in [0, 0.05) is 0 Å². The van der Waals surface area contributed by atoms with Crippen LogP contribution in [-0.2, 0) is 0 Å². The molecule has 0 spiro atoms. The molecule has 2 heteroatoms. The van der Waals surface area contributed by atoms with Crippen LogP contribution in [0.5, 0.6) is 0 Å². The lowest BCUT2D eigenvalue weighted by Crippen LogP contribution is -2.50. The van der Waals surface area contributed by atoms with Crippen molar-refractivity contribution >= 4 is 0 Å².